The molecule has 0 aromatic heterocycles. The average Bonchev–Trinajstić information content (AvgIpc) is 2.78. The molecule has 0 saturated carbocycles. The van der Waals surface area contributed by atoms with E-state index < -0.39 is 17.4 Å². The van der Waals surface area contributed by atoms with E-state index in [1.165, 1.54) is 24.4 Å². The maximum Gasteiger partial charge on any atom is 0.310 e. The highest BCUT2D eigenvalue weighted by atomic mass is 35.5. The lowest BCUT2D eigenvalue weighted by Crippen LogP contribution is -2.24. The van der Waals surface area contributed by atoms with Crippen molar-refractivity contribution in [2.24, 2.45) is 5.10 Å². The maximum absolute atomic E-state index is 11.8. The minimum Gasteiger partial charge on any atom is -0.489 e. The summed E-state index contributed by atoms with van der Waals surface area (Å²) < 4.78 is 10.9. The third-order valence-electron chi connectivity index (χ3n) is 4.02. The van der Waals surface area contributed by atoms with E-state index in [4.69, 9.17) is 21.1 Å². The molecule has 0 saturated heterocycles. The van der Waals surface area contributed by atoms with Crippen LogP contribution in [0.15, 0.2) is 77.9 Å². The molecule has 0 atom stereocenters. The van der Waals surface area contributed by atoms with Crippen molar-refractivity contribution in [2.75, 3.05) is 6.61 Å². The number of carbonyl (C=O) groups is 1. The summed E-state index contributed by atoms with van der Waals surface area (Å²) in [6.07, 6.45) is 1.46. The van der Waals surface area contributed by atoms with Crippen molar-refractivity contribution >= 4 is 29.4 Å². The highest BCUT2D eigenvalue weighted by Gasteiger charge is 2.14. The Morgan fingerprint density at radius 1 is 1.03 bits per heavy atom. The predicted octanol–water partition coefficient (Wildman–Crippen LogP) is 4.36. The van der Waals surface area contributed by atoms with Gasteiger partial charge in [0.15, 0.2) is 12.4 Å². The van der Waals surface area contributed by atoms with E-state index >= 15 is 0 Å². The van der Waals surface area contributed by atoms with E-state index in [9.17, 15) is 14.9 Å². The lowest BCUT2D eigenvalue weighted by molar-refractivity contribution is -0.385. The molecule has 158 valence electrons. The van der Waals surface area contributed by atoms with E-state index in [1.54, 1.807) is 42.5 Å². The van der Waals surface area contributed by atoms with Crippen molar-refractivity contribution in [3.63, 3.8) is 0 Å². The third-order valence-corrected chi connectivity index (χ3v) is 4.27. The molecule has 8 nitrogen and oxygen atoms in total. The molecule has 1 N–H and O–H groups in total. The van der Waals surface area contributed by atoms with E-state index in [1.807, 2.05) is 12.1 Å². The lowest BCUT2D eigenvalue weighted by atomic mass is 10.2. The van der Waals surface area contributed by atoms with Crippen LogP contribution in [0.3, 0.4) is 0 Å². The number of hydrazone groups is 1. The molecular formula is C22H18ClN3O5. The molecule has 3 rings (SSSR count). The quantitative estimate of drug-likeness (QED) is 0.303. The van der Waals surface area contributed by atoms with Crippen LogP contribution in [-0.4, -0.2) is 23.7 Å². The second-order valence-electron chi connectivity index (χ2n) is 6.29. The normalized spacial score (nSPS) is 10.6. The Morgan fingerprint density at radius 2 is 1.74 bits per heavy atom. The number of hydrogen-bond acceptors (Lipinski definition) is 6. The van der Waals surface area contributed by atoms with Crippen molar-refractivity contribution in [3.8, 4) is 11.5 Å². The Morgan fingerprint density at radius 3 is 2.45 bits per heavy atom. The average molecular weight is 440 g/mol. The van der Waals surface area contributed by atoms with Gasteiger partial charge in [0.25, 0.3) is 5.91 Å². The summed E-state index contributed by atoms with van der Waals surface area (Å²) in [6, 6.07) is 20.4. The molecule has 0 aliphatic rings. The van der Waals surface area contributed by atoms with Crippen LogP contribution in [0.4, 0.5) is 5.69 Å². The van der Waals surface area contributed by atoms with Crippen molar-refractivity contribution in [2.45, 2.75) is 6.61 Å². The number of nitro groups is 1. The number of amides is 1. The van der Waals surface area contributed by atoms with Crippen LogP contribution in [0.1, 0.15) is 11.1 Å². The van der Waals surface area contributed by atoms with Gasteiger partial charge in [-0.2, -0.15) is 5.10 Å². The predicted molar refractivity (Wildman–Crippen MR) is 117 cm³/mol. The number of hydrogen-bond donors (Lipinski definition) is 1. The summed E-state index contributed by atoms with van der Waals surface area (Å²) in [5.41, 5.74) is 3.85. The van der Waals surface area contributed by atoms with Gasteiger partial charge < -0.3 is 9.47 Å². The minimum absolute atomic E-state index is 0.0146. The molecule has 0 spiro atoms. The summed E-state index contributed by atoms with van der Waals surface area (Å²) in [6.45, 7) is 0.0138. The SMILES string of the molecule is O=C(COc1ccccc1[N+](=O)[O-])N/N=C/c1ccc(OCc2ccc(Cl)cc2)cc1. The fraction of sp³-hybridized carbons (Fsp3) is 0.0909. The molecule has 9 heteroatoms. The fourth-order valence-corrected chi connectivity index (χ4v) is 2.61. The van der Waals surface area contributed by atoms with Crippen LogP contribution in [-0.2, 0) is 11.4 Å². The van der Waals surface area contributed by atoms with Crippen LogP contribution in [0.5, 0.6) is 11.5 Å². The maximum atomic E-state index is 11.8. The molecule has 31 heavy (non-hydrogen) atoms. The summed E-state index contributed by atoms with van der Waals surface area (Å²) in [4.78, 5) is 22.2. The highest BCUT2D eigenvalue weighted by molar-refractivity contribution is 6.30. The van der Waals surface area contributed by atoms with Gasteiger partial charge in [-0.1, -0.05) is 35.9 Å². The van der Waals surface area contributed by atoms with Crippen LogP contribution in [0.25, 0.3) is 0 Å². The number of nitro benzene ring substituents is 1. The molecule has 3 aromatic rings. The fourth-order valence-electron chi connectivity index (χ4n) is 2.48. The number of halogens is 1. The van der Waals surface area contributed by atoms with E-state index in [2.05, 4.69) is 10.5 Å². The Labute approximate surface area is 183 Å². The topological polar surface area (TPSA) is 103 Å². The molecule has 0 aliphatic heterocycles. The van der Waals surface area contributed by atoms with Gasteiger partial charge in [0.05, 0.1) is 11.1 Å². The largest absolute Gasteiger partial charge is 0.489 e. The third kappa shape index (κ3) is 6.83. The Kier molecular flexibility index (Phi) is 7.56. The number of para-hydroxylation sites is 2. The van der Waals surface area contributed by atoms with Gasteiger partial charge >= 0.3 is 5.69 Å². The second-order valence-corrected chi connectivity index (χ2v) is 6.73. The first-order valence-corrected chi connectivity index (χ1v) is 9.54. The standard InChI is InChI=1S/C22H18ClN3O5/c23-18-9-5-17(6-10-18)14-30-19-11-7-16(8-12-19)13-24-25-22(27)15-31-21-4-2-1-3-20(21)26(28)29/h1-13H,14-15H2,(H,25,27)/b24-13+. The molecule has 3 aromatic carbocycles. The van der Waals surface area contributed by atoms with Gasteiger partial charge in [0.2, 0.25) is 0 Å². The first-order valence-electron chi connectivity index (χ1n) is 9.17. The first-order chi connectivity index (χ1) is 15.0. The van der Waals surface area contributed by atoms with Crippen molar-refractivity contribution in [1.29, 1.82) is 0 Å². The number of nitrogens with zero attached hydrogens (tertiary/aromatic N) is 2. The summed E-state index contributed by atoms with van der Waals surface area (Å²) in [5, 5.41) is 15.5. The molecule has 0 unspecified atom stereocenters. The van der Waals surface area contributed by atoms with Gasteiger partial charge in [0.1, 0.15) is 12.4 Å². The summed E-state index contributed by atoms with van der Waals surface area (Å²) >= 11 is 5.86. The Balaban J connectivity index is 1.44. The van der Waals surface area contributed by atoms with Gasteiger partial charge in [-0.3, -0.25) is 14.9 Å². The molecule has 0 heterocycles. The smallest absolute Gasteiger partial charge is 0.310 e. The summed E-state index contributed by atoms with van der Waals surface area (Å²) in [5.74, 6) is 0.159. The number of rotatable bonds is 9. The Bertz CT molecular complexity index is 1070. The van der Waals surface area contributed by atoms with Crippen molar-refractivity contribution < 1.29 is 19.2 Å². The zero-order valence-corrected chi connectivity index (χ0v) is 17.0. The number of benzene rings is 3. The number of ether oxygens (including phenoxy) is 2. The van der Waals surface area contributed by atoms with Gasteiger partial charge in [0, 0.05) is 11.1 Å². The zero-order chi connectivity index (χ0) is 22.1. The van der Waals surface area contributed by atoms with Crippen LogP contribution in [0, 0.1) is 10.1 Å². The molecule has 0 fully saturated rings. The molecule has 1 amide bonds. The molecule has 0 radical (unpaired) electrons. The second kappa shape index (κ2) is 10.7. The molecule has 0 aliphatic carbocycles. The van der Waals surface area contributed by atoms with Crippen LogP contribution in [0.2, 0.25) is 5.02 Å². The summed E-state index contributed by atoms with van der Waals surface area (Å²) in [7, 11) is 0. The van der Waals surface area contributed by atoms with Crippen molar-refractivity contribution in [1.82, 2.24) is 5.43 Å². The van der Waals surface area contributed by atoms with Gasteiger partial charge in [-0.25, -0.2) is 5.43 Å². The zero-order valence-electron chi connectivity index (χ0n) is 16.2. The van der Waals surface area contributed by atoms with Crippen LogP contribution < -0.4 is 14.9 Å². The van der Waals surface area contributed by atoms with Gasteiger partial charge in [-0.15, -0.1) is 0 Å². The number of nitrogens with one attached hydrogen (secondary N) is 1. The first kappa shape index (κ1) is 21.8. The molecular weight excluding hydrogens is 422 g/mol. The number of carbonyl (C=O) groups excluding carboxylic acids is 1. The lowest BCUT2D eigenvalue weighted by Gasteiger charge is -2.07. The van der Waals surface area contributed by atoms with Crippen molar-refractivity contribution in [3.05, 3.63) is 99.1 Å². The van der Waals surface area contributed by atoms with E-state index in [0.29, 0.717) is 17.4 Å². The monoisotopic (exact) mass is 439 g/mol. The minimum atomic E-state index is -0.575. The van der Waals surface area contributed by atoms with E-state index in [0.717, 1.165) is 11.1 Å². The highest BCUT2D eigenvalue weighted by Crippen LogP contribution is 2.25. The van der Waals surface area contributed by atoms with Crippen LogP contribution >= 0.6 is 11.6 Å². The van der Waals surface area contributed by atoms with Gasteiger partial charge in [-0.05, 0) is 53.6 Å². The molecule has 0 bridgehead atoms. The van der Waals surface area contributed by atoms with E-state index in [-0.39, 0.29) is 11.4 Å². The Hall–Kier alpha value is -3.91.